The Kier molecular flexibility index (Phi) is 12.5. The van der Waals surface area contributed by atoms with Crippen LogP contribution in [0.1, 0.15) is 88.6 Å². The van der Waals surface area contributed by atoms with Gasteiger partial charge in [0.1, 0.15) is 24.2 Å². The summed E-state index contributed by atoms with van der Waals surface area (Å²) in [6.45, 7) is 20.3. The fourth-order valence-electron chi connectivity index (χ4n) is 5.33. The van der Waals surface area contributed by atoms with E-state index in [2.05, 4.69) is 0 Å². The number of phenolic OH excluding ortho intramolecular Hbond substituents is 1. The minimum Gasteiger partial charge on any atom is -0.508 e. The molecule has 0 unspecified atom stereocenters. The molecule has 4 rings (SSSR count). The van der Waals surface area contributed by atoms with Crippen molar-refractivity contribution in [3.63, 3.8) is 0 Å². The fourth-order valence-corrected chi connectivity index (χ4v) is 5.33. The van der Waals surface area contributed by atoms with Crippen LogP contribution >= 0.6 is 0 Å². The second-order valence-corrected chi connectivity index (χ2v) is 18.0. The van der Waals surface area contributed by atoms with Crippen LogP contribution in [-0.4, -0.2) is 70.9 Å². The van der Waals surface area contributed by atoms with Crippen molar-refractivity contribution in [3.8, 4) is 11.5 Å². The lowest BCUT2D eigenvalue weighted by Crippen LogP contribution is -2.64. The highest BCUT2D eigenvalue weighted by molar-refractivity contribution is 5.86. The molecule has 12 nitrogen and oxygen atoms in total. The van der Waals surface area contributed by atoms with Gasteiger partial charge >= 0.3 is 23.9 Å². The van der Waals surface area contributed by atoms with Crippen molar-refractivity contribution >= 4 is 34.8 Å². The molecule has 1 aromatic heterocycles. The van der Waals surface area contributed by atoms with Crippen LogP contribution in [0.25, 0.3) is 10.9 Å². The van der Waals surface area contributed by atoms with E-state index < -0.39 is 82.8 Å². The van der Waals surface area contributed by atoms with Crippen molar-refractivity contribution in [2.24, 2.45) is 21.7 Å². The third-order valence-electron chi connectivity index (χ3n) is 8.72. The number of esters is 4. The van der Waals surface area contributed by atoms with E-state index in [9.17, 15) is 24.3 Å². The first-order valence-corrected chi connectivity index (χ1v) is 18.3. The molecule has 1 fully saturated rings. The molecule has 2 aromatic carbocycles. The SMILES string of the molecule is CC(C)(C)C(=O)OC[C@H]1O[C@@H](Oc2cccc3ccn(CCc4ccc(O)cc4)c23)[C@H](OC(=O)C(C)(C)C)[C@@H](OC(=O)C(C)(C)C)[C@@H]1OC(=O)C(C)(C)C. The van der Waals surface area contributed by atoms with Gasteiger partial charge in [-0.2, -0.15) is 0 Å². The summed E-state index contributed by atoms with van der Waals surface area (Å²) in [5, 5.41) is 10.6. The maximum Gasteiger partial charge on any atom is 0.311 e. The van der Waals surface area contributed by atoms with Gasteiger partial charge in [0.2, 0.25) is 12.4 Å². The number of fused-ring (bicyclic) bond motifs is 1. The predicted molar refractivity (Wildman–Crippen MR) is 201 cm³/mol. The third kappa shape index (κ3) is 10.5. The van der Waals surface area contributed by atoms with E-state index >= 15 is 0 Å². The van der Waals surface area contributed by atoms with Gasteiger partial charge in [0.15, 0.2) is 12.2 Å². The highest BCUT2D eigenvalue weighted by atomic mass is 16.7. The third-order valence-corrected chi connectivity index (χ3v) is 8.72. The molecular weight excluding hydrogens is 694 g/mol. The Balaban J connectivity index is 1.84. The molecular formula is C42H57NO11. The number of carbonyl (C=O) groups excluding carboxylic acids is 4. The Morgan fingerprint density at radius 3 is 1.72 bits per heavy atom. The summed E-state index contributed by atoms with van der Waals surface area (Å²) < 4.78 is 39.3. The maximum absolute atomic E-state index is 13.7. The van der Waals surface area contributed by atoms with Gasteiger partial charge in [-0.05, 0) is 119 Å². The molecule has 12 heteroatoms. The molecule has 1 N–H and O–H groups in total. The number of aryl methyl sites for hydroxylation is 2. The highest BCUT2D eigenvalue weighted by Crippen LogP contribution is 2.37. The van der Waals surface area contributed by atoms with Crippen LogP contribution in [0.2, 0.25) is 0 Å². The topological polar surface area (TPSA) is 149 Å². The number of para-hydroxylation sites is 1. The molecule has 0 amide bonds. The molecule has 3 aromatic rings. The summed E-state index contributed by atoms with van der Waals surface area (Å²) in [6.07, 6.45) is -4.31. The molecule has 2 heterocycles. The van der Waals surface area contributed by atoms with Crippen molar-refractivity contribution in [2.75, 3.05) is 6.61 Å². The molecule has 0 saturated carbocycles. The van der Waals surface area contributed by atoms with Crippen molar-refractivity contribution in [1.82, 2.24) is 4.57 Å². The summed E-state index contributed by atoms with van der Waals surface area (Å²) in [5.41, 5.74) is -2.12. The van der Waals surface area contributed by atoms with Gasteiger partial charge < -0.3 is 38.1 Å². The van der Waals surface area contributed by atoms with Crippen molar-refractivity contribution in [3.05, 3.63) is 60.3 Å². The summed E-state index contributed by atoms with van der Waals surface area (Å²) in [4.78, 5) is 53.9. The zero-order valence-corrected chi connectivity index (χ0v) is 33.7. The van der Waals surface area contributed by atoms with Crippen LogP contribution < -0.4 is 4.74 Å². The Bertz CT molecular complexity index is 1800. The standard InChI is InChI=1S/C42H57NO11/c1-39(2,3)35(45)49-24-29-31(52-36(46)40(4,5)6)32(53-37(47)41(7,8)9)33(54-38(48)42(10,11)12)34(51-29)50-28-15-13-14-26-21-23-43(30(26)28)22-20-25-16-18-27(44)19-17-25/h13-19,21,23,29,31-34,44H,20,22,24H2,1-12H3/t29-,31-,32+,33-,34-/m1/s1. The van der Waals surface area contributed by atoms with Crippen LogP contribution in [0, 0.1) is 21.7 Å². The van der Waals surface area contributed by atoms with E-state index in [4.69, 9.17) is 28.4 Å². The van der Waals surface area contributed by atoms with Gasteiger partial charge in [0, 0.05) is 18.1 Å². The number of hydrogen-bond donors (Lipinski definition) is 1. The van der Waals surface area contributed by atoms with Crippen molar-refractivity contribution < 1.29 is 52.7 Å². The van der Waals surface area contributed by atoms with E-state index in [0.29, 0.717) is 18.7 Å². The second kappa shape index (κ2) is 16.0. The number of aromatic nitrogens is 1. The van der Waals surface area contributed by atoms with Crippen LogP contribution in [0.5, 0.6) is 11.5 Å². The minimum atomic E-state index is -1.44. The molecule has 0 radical (unpaired) electrons. The monoisotopic (exact) mass is 751 g/mol. The Hall–Kier alpha value is -4.58. The summed E-state index contributed by atoms with van der Waals surface area (Å²) in [5.74, 6) is -1.92. The molecule has 54 heavy (non-hydrogen) atoms. The Morgan fingerprint density at radius 2 is 1.19 bits per heavy atom. The molecule has 1 aliphatic rings. The molecule has 0 spiro atoms. The lowest BCUT2D eigenvalue weighted by molar-refractivity contribution is -0.293. The highest BCUT2D eigenvalue weighted by Gasteiger charge is 2.55. The zero-order chi connectivity index (χ0) is 40.4. The first kappa shape index (κ1) is 42.2. The van der Waals surface area contributed by atoms with Crippen LogP contribution in [-0.2, 0) is 55.8 Å². The number of aromatic hydroxyl groups is 1. The van der Waals surface area contributed by atoms with Gasteiger partial charge in [-0.15, -0.1) is 0 Å². The van der Waals surface area contributed by atoms with Gasteiger partial charge in [-0.3, -0.25) is 19.2 Å². The summed E-state index contributed by atoms with van der Waals surface area (Å²) in [7, 11) is 0. The van der Waals surface area contributed by atoms with E-state index in [-0.39, 0.29) is 5.75 Å². The average Bonchev–Trinajstić information content (AvgIpc) is 3.48. The Morgan fingerprint density at radius 1 is 0.667 bits per heavy atom. The minimum absolute atomic E-state index is 0.184. The molecule has 0 bridgehead atoms. The van der Waals surface area contributed by atoms with Crippen LogP contribution in [0.4, 0.5) is 0 Å². The van der Waals surface area contributed by atoms with Gasteiger partial charge in [0.25, 0.3) is 0 Å². The number of ether oxygens (including phenoxy) is 6. The van der Waals surface area contributed by atoms with Gasteiger partial charge in [-0.25, -0.2) is 0 Å². The molecule has 1 aliphatic heterocycles. The van der Waals surface area contributed by atoms with E-state index in [1.54, 1.807) is 101 Å². The van der Waals surface area contributed by atoms with E-state index in [1.807, 2.05) is 41.1 Å². The zero-order valence-electron chi connectivity index (χ0n) is 33.7. The number of rotatable bonds is 10. The van der Waals surface area contributed by atoms with Crippen LogP contribution in [0.3, 0.4) is 0 Å². The number of carbonyl (C=O) groups is 4. The molecule has 0 aliphatic carbocycles. The van der Waals surface area contributed by atoms with Crippen LogP contribution in [0.15, 0.2) is 54.7 Å². The number of phenols is 1. The number of benzene rings is 2. The van der Waals surface area contributed by atoms with Gasteiger partial charge in [0.05, 0.1) is 27.2 Å². The van der Waals surface area contributed by atoms with Gasteiger partial charge in [-0.1, -0.05) is 24.3 Å². The lowest BCUT2D eigenvalue weighted by atomic mass is 9.93. The summed E-state index contributed by atoms with van der Waals surface area (Å²) in [6, 6.07) is 14.4. The summed E-state index contributed by atoms with van der Waals surface area (Å²) >= 11 is 0. The molecule has 5 atom stereocenters. The number of nitrogens with zero attached hydrogens (tertiary/aromatic N) is 1. The maximum atomic E-state index is 13.7. The Labute approximate surface area is 318 Å². The largest absolute Gasteiger partial charge is 0.508 e. The smallest absolute Gasteiger partial charge is 0.311 e. The first-order chi connectivity index (χ1) is 24.9. The lowest BCUT2D eigenvalue weighted by Gasteiger charge is -2.45. The normalized spacial score (nSPS) is 20.9. The van der Waals surface area contributed by atoms with E-state index in [0.717, 1.165) is 16.5 Å². The molecule has 1 saturated heterocycles. The van der Waals surface area contributed by atoms with Crippen molar-refractivity contribution in [2.45, 2.75) is 127 Å². The predicted octanol–water partition coefficient (Wildman–Crippen LogP) is 7.16. The van der Waals surface area contributed by atoms with Crippen molar-refractivity contribution in [1.29, 1.82) is 0 Å². The van der Waals surface area contributed by atoms with E-state index in [1.165, 1.54) is 0 Å². The quantitative estimate of drug-likeness (QED) is 0.166. The first-order valence-electron chi connectivity index (χ1n) is 18.3. The fraction of sp³-hybridized carbons (Fsp3) is 0.571. The second-order valence-electron chi connectivity index (χ2n) is 18.0. The number of hydrogen-bond acceptors (Lipinski definition) is 11. The average molecular weight is 752 g/mol. The molecule has 296 valence electrons.